The highest BCUT2D eigenvalue weighted by molar-refractivity contribution is 7.86. The van der Waals surface area contributed by atoms with Gasteiger partial charge < -0.3 is 13.7 Å². The molecular formula is C25H24Cl2O5S. The van der Waals surface area contributed by atoms with Crippen molar-refractivity contribution in [3.05, 3.63) is 76.3 Å². The molecule has 174 valence electrons. The molecule has 0 aliphatic rings. The number of ether oxygens (including phenoxy) is 2. The van der Waals surface area contributed by atoms with Crippen molar-refractivity contribution >= 4 is 33.3 Å². The van der Waals surface area contributed by atoms with Crippen molar-refractivity contribution in [1.82, 2.24) is 0 Å². The van der Waals surface area contributed by atoms with E-state index in [-0.39, 0.29) is 5.75 Å². The zero-order valence-corrected chi connectivity index (χ0v) is 21.0. The number of hydrogen-bond donors (Lipinski definition) is 0. The van der Waals surface area contributed by atoms with Crippen molar-refractivity contribution in [3.63, 3.8) is 0 Å². The molecule has 3 aromatic carbocycles. The summed E-state index contributed by atoms with van der Waals surface area (Å²) in [4.78, 5) is 0. The SMILES string of the molecule is COc1cc(-c2cc(Cl)c(-c3ccc(OS(C)(=O)=O)cc3)cc2Cl)ccc1OCC=C(C)C. The Balaban J connectivity index is 1.90. The summed E-state index contributed by atoms with van der Waals surface area (Å²) in [5.74, 6) is 1.44. The Labute approximate surface area is 204 Å². The molecule has 33 heavy (non-hydrogen) atoms. The van der Waals surface area contributed by atoms with Crippen molar-refractivity contribution in [2.24, 2.45) is 0 Å². The predicted molar refractivity (Wildman–Crippen MR) is 134 cm³/mol. The standard InChI is InChI=1S/C25H24Cl2O5S/c1-16(2)11-12-31-24-10-7-18(13-25(24)30-3)21-15-22(26)20(14-23(21)27)17-5-8-19(9-6-17)32-33(4,28)29/h5-11,13-15H,12H2,1-4H3. The minimum atomic E-state index is -3.59. The Morgan fingerprint density at radius 3 is 2.00 bits per heavy atom. The number of allylic oxidation sites excluding steroid dienone is 1. The smallest absolute Gasteiger partial charge is 0.306 e. The number of rotatable bonds is 8. The van der Waals surface area contributed by atoms with E-state index in [1.807, 2.05) is 38.1 Å². The van der Waals surface area contributed by atoms with Crippen LogP contribution in [0.3, 0.4) is 0 Å². The van der Waals surface area contributed by atoms with E-state index in [1.165, 1.54) is 5.57 Å². The van der Waals surface area contributed by atoms with Crippen LogP contribution in [0, 0.1) is 0 Å². The van der Waals surface area contributed by atoms with Gasteiger partial charge in [0.25, 0.3) is 0 Å². The largest absolute Gasteiger partial charge is 0.493 e. The van der Waals surface area contributed by atoms with Crippen LogP contribution in [0.25, 0.3) is 22.3 Å². The van der Waals surface area contributed by atoms with Gasteiger partial charge in [0.2, 0.25) is 0 Å². The first-order chi connectivity index (χ1) is 15.6. The minimum absolute atomic E-state index is 0.221. The summed E-state index contributed by atoms with van der Waals surface area (Å²) in [6.45, 7) is 4.47. The van der Waals surface area contributed by atoms with E-state index in [4.69, 9.17) is 36.9 Å². The van der Waals surface area contributed by atoms with E-state index in [2.05, 4.69) is 0 Å². The van der Waals surface area contributed by atoms with Gasteiger partial charge in [-0.3, -0.25) is 0 Å². The van der Waals surface area contributed by atoms with Crippen LogP contribution in [0.5, 0.6) is 17.2 Å². The van der Waals surface area contributed by atoms with Gasteiger partial charge in [-0.2, -0.15) is 8.42 Å². The van der Waals surface area contributed by atoms with Gasteiger partial charge in [0.15, 0.2) is 11.5 Å². The Bertz CT molecular complexity index is 1280. The molecule has 0 unspecified atom stereocenters. The lowest BCUT2D eigenvalue weighted by Gasteiger charge is -2.14. The highest BCUT2D eigenvalue weighted by Gasteiger charge is 2.14. The molecule has 3 rings (SSSR count). The van der Waals surface area contributed by atoms with E-state index in [9.17, 15) is 8.42 Å². The quantitative estimate of drug-likeness (QED) is 0.242. The molecule has 0 atom stereocenters. The summed E-state index contributed by atoms with van der Waals surface area (Å²) in [6.07, 6.45) is 2.98. The third kappa shape index (κ3) is 6.67. The molecule has 0 saturated carbocycles. The van der Waals surface area contributed by atoms with Crippen molar-refractivity contribution < 1.29 is 22.1 Å². The van der Waals surface area contributed by atoms with Gasteiger partial charge in [-0.15, -0.1) is 0 Å². The highest BCUT2D eigenvalue weighted by Crippen LogP contribution is 2.40. The summed E-state index contributed by atoms with van der Waals surface area (Å²) >= 11 is 13.2. The van der Waals surface area contributed by atoms with Gasteiger partial charge in [-0.25, -0.2) is 0 Å². The highest BCUT2D eigenvalue weighted by atomic mass is 35.5. The maximum absolute atomic E-state index is 11.3. The number of methoxy groups -OCH3 is 1. The van der Waals surface area contributed by atoms with Crippen LogP contribution in [0.4, 0.5) is 0 Å². The Kier molecular flexibility index (Phi) is 7.95. The van der Waals surface area contributed by atoms with Crippen LogP contribution in [0.15, 0.2) is 66.2 Å². The third-order valence-corrected chi connectivity index (χ3v) is 5.80. The van der Waals surface area contributed by atoms with E-state index in [1.54, 1.807) is 43.5 Å². The molecule has 0 bridgehead atoms. The second kappa shape index (κ2) is 10.5. The molecular weight excluding hydrogens is 483 g/mol. The molecule has 0 aromatic heterocycles. The van der Waals surface area contributed by atoms with Crippen LogP contribution in [-0.4, -0.2) is 28.4 Å². The van der Waals surface area contributed by atoms with E-state index in [0.29, 0.717) is 33.7 Å². The average molecular weight is 507 g/mol. The van der Waals surface area contributed by atoms with Gasteiger partial charge in [0, 0.05) is 21.2 Å². The average Bonchev–Trinajstić information content (AvgIpc) is 2.74. The molecule has 5 nitrogen and oxygen atoms in total. The van der Waals surface area contributed by atoms with Crippen molar-refractivity contribution in [1.29, 1.82) is 0 Å². The monoisotopic (exact) mass is 506 g/mol. The van der Waals surface area contributed by atoms with Crippen molar-refractivity contribution in [2.75, 3.05) is 20.0 Å². The summed E-state index contributed by atoms with van der Waals surface area (Å²) < 4.78 is 38.8. The zero-order chi connectivity index (χ0) is 24.2. The zero-order valence-electron chi connectivity index (χ0n) is 18.7. The molecule has 0 aliphatic heterocycles. The third-order valence-electron chi connectivity index (χ3n) is 4.67. The molecule has 0 amide bonds. The second-order valence-corrected chi connectivity index (χ2v) is 9.97. The molecule has 0 radical (unpaired) electrons. The van der Waals surface area contributed by atoms with Crippen LogP contribution < -0.4 is 13.7 Å². The van der Waals surface area contributed by atoms with E-state index >= 15 is 0 Å². The Morgan fingerprint density at radius 1 is 0.879 bits per heavy atom. The first-order valence-electron chi connectivity index (χ1n) is 10.0. The number of benzene rings is 3. The van der Waals surface area contributed by atoms with Crippen LogP contribution >= 0.6 is 23.2 Å². The second-order valence-electron chi connectivity index (χ2n) is 7.58. The first-order valence-corrected chi connectivity index (χ1v) is 12.6. The maximum atomic E-state index is 11.3. The summed E-state index contributed by atoms with van der Waals surface area (Å²) in [6, 6.07) is 15.7. The number of hydrogen-bond acceptors (Lipinski definition) is 5. The molecule has 0 aliphatic carbocycles. The summed E-state index contributed by atoms with van der Waals surface area (Å²) in [5, 5.41) is 1.00. The summed E-state index contributed by atoms with van der Waals surface area (Å²) in [7, 11) is -2.01. The fourth-order valence-corrected chi connectivity index (χ4v) is 4.11. The molecule has 0 saturated heterocycles. The molecule has 0 heterocycles. The van der Waals surface area contributed by atoms with Crippen LogP contribution in [0.2, 0.25) is 10.0 Å². The van der Waals surface area contributed by atoms with Gasteiger partial charge in [-0.05, 0) is 67.4 Å². The Morgan fingerprint density at radius 2 is 1.45 bits per heavy atom. The number of halogens is 2. The summed E-state index contributed by atoms with van der Waals surface area (Å²) in [5.41, 5.74) is 4.23. The molecule has 0 N–H and O–H groups in total. The maximum Gasteiger partial charge on any atom is 0.306 e. The van der Waals surface area contributed by atoms with Gasteiger partial charge in [0.1, 0.15) is 12.4 Å². The fraction of sp³-hybridized carbons (Fsp3) is 0.200. The first kappa shape index (κ1) is 25.0. The van der Waals surface area contributed by atoms with Crippen LogP contribution in [-0.2, 0) is 10.1 Å². The molecule has 8 heteroatoms. The van der Waals surface area contributed by atoms with Crippen LogP contribution in [0.1, 0.15) is 13.8 Å². The van der Waals surface area contributed by atoms with Crippen molar-refractivity contribution in [3.8, 4) is 39.5 Å². The molecule has 0 fully saturated rings. The van der Waals surface area contributed by atoms with Gasteiger partial charge >= 0.3 is 10.1 Å². The fourth-order valence-electron chi connectivity index (χ4n) is 3.11. The van der Waals surface area contributed by atoms with E-state index < -0.39 is 10.1 Å². The minimum Gasteiger partial charge on any atom is -0.493 e. The lowest BCUT2D eigenvalue weighted by atomic mass is 9.99. The normalized spacial score (nSPS) is 11.1. The predicted octanol–water partition coefficient (Wildman–Crippen LogP) is 7.02. The topological polar surface area (TPSA) is 61.8 Å². The van der Waals surface area contributed by atoms with Gasteiger partial charge in [-0.1, -0.05) is 47.0 Å². The molecule has 3 aromatic rings. The van der Waals surface area contributed by atoms with E-state index in [0.717, 1.165) is 22.9 Å². The lowest BCUT2D eigenvalue weighted by Crippen LogP contribution is -2.05. The Hall–Kier alpha value is -2.67. The van der Waals surface area contributed by atoms with Crippen molar-refractivity contribution in [2.45, 2.75) is 13.8 Å². The molecule has 0 spiro atoms. The van der Waals surface area contributed by atoms with Gasteiger partial charge in [0.05, 0.1) is 13.4 Å². The lowest BCUT2D eigenvalue weighted by molar-refractivity contribution is 0.326.